The molecule has 0 atom stereocenters. The third-order valence-corrected chi connectivity index (χ3v) is 4.32. The number of benzene rings is 1. The number of ether oxygens (including phenoxy) is 1. The maximum Gasteiger partial charge on any atom is 0.193 e. The van der Waals surface area contributed by atoms with Crippen molar-refractivity contribution in [1.29, 1.82) is 0 Å². The lowest BCUT2D eigenvalue weighted by Gasteiger charge is -2.37. The van der Waals surface area contributed by atoms with Crippen LogP contribution in [0, 0.1) is 0 Å². The molecular weight excluding hydrogens is 304 g/mol. The number of nitrogens with one attached hydrogen (secondary N) is 1. The van der Waals surface area contributed by atoms with E-state index in [2.05, 4.69) is 20.1 Å². The molecule has 1 aromatic carbocycles. The van der Waals surface area contributed by atoms with Crippen LogP contribution in [0.5, 0.6) is 5.75 Å². The van der Waals surface area contributed by atoms with E-state index in [0.29, 0.717) is 5.75 Å². The Labute approximate surface area is 145 Å². The van der Waals surface area contributed by atoms with Gasteiger partial charge in [-0.25, -0.2) is 0 Å². The number of phenols is 1. The first-order chi connectivity index (χ1) is 11.8. The maximum absolute atomic E-state index is 9.99. The Morgan fingerprint density at radius 1 is 1.17 bits per heavy atom. The topological polar surface area (TPSA) is 60.3 Å². The molecule has 1 aliphatic heterocycles. The standard InChI is InChI=1S/C18H30N4O2/c1-19-18(20-10-6-3-7-15-24-2)22-13-11-21(12-14-22)16-8-4-5-9-17(16)23/h4-5,8-9,23H,3,6-7,10-15H2,1-2H3,(H,19,20). The number of phenolic OH excluding ortho intramolecular Hbond substituents is 1. The van der Waals surface area contributed by atoms with Crippen molar-refractivity contribution in [3.05, 3.63) is 24.3 Å². The predicted molar refractivity (Wildman–Crippen MR) is 99.0 cm³/mol. The van der Waals surface area contributed by atoms with Crippen molar-refractivity contribution in [2.75, 3.05) is 58.4 Å². The molecule has 0 aromatic heterocycles. The average molecular weight is 334 g/mol. The van der Waals surface area contributed by atoms with Crippen molar-refractivity contribution in [3.8, 4) is 5.75 Å². The molecule has 0 amide bonds. The summed E-state index contributed by atoms with van der Waals surface area (Å²) in [5, 5.41) is 13.4. The third kappa shape index (κ3) is 5.30. The molecular formula is C18H30N4O2. The van der Waals surface area contributed by atoms with Crippen LogP contribution < -0.4 is 10.2 Å². The largest absolute Gasteiger partial charge is 0.506 e. The zero-order valence-electron chi connectivity index (χ0n) is 14.9. The van der Waals surface area contributed by atoms with Gasteiger partial charge in [-0.1, -0.05) is 12.1 Å². The smallest absolute Gasteiger partial charge is 0.193 e. The monoisotopic (exact) mass is 334 g/mol. The highest BCUT2D eigenvalue weighted by Crippen LogP contribution is 2.27. The summed E-state index contributed by atoms with van der Waals surface area (Å²) in [6.45, 7) is 5.34. The molecule has 0 unspecified atom stereocenters. The predicted octanol–water partition coefficient (Wildman–Crippen LogP) is 1.91. The second-order valence-corrected chi connectivity index (χ2v) is 5.99. The normalized spacial score (nSPS) is 15.7. The van der Waals surface area contributed by atoms with Crippen LogP contribution >= 0.6 is 0 Å². The van der Waals surface area contributed by atoms with Gasteiger partial charge >= 0.3 is 0 Å². The van der Waals surface area contributed by atoms with Crippen LogP contribution in [-0.2, 0) is 4.74 Å². The number of unbranched alkanes of at least 4 members (excludes halogenated alkanes) is 2. The Kier molecular flexibility index (Phi) is 7.68. The molecule has 1 aliphatic rings. The summed E-state index contributed by atoms with van der Waals surface area (Å²) >= 11 is 0. The van der Waals surface area contributed by atoms with E-state index < -0.39 is 0 Å². The average Bonchev–Trinajstić information content (AvgIpc) is 2.62. The van der Waals surface area contributed by atoms with E-state index in [0.717, 1.165) is 63.8 Å². The number of guanidine groups is 1. The highest BCUT2D eigenvalue weighted by Gasteiger charge is 2.20. The van der Waals surface area contributed by atoms with Crippen LogP contribution in [0.1, 0.15) is 19.3 Å². The number of methoxy groups -OCH3 is 1. The molecule has 134 valence electrons. The number of piperazine rings is 1. The number of rotatable bonds is 7. The molecule has 6 heteroatoms. The Morgan fingerprint density at radius 3 is 2.58 bits per heavy atom. The van der Waals surface area contributed by atoms with E-state index in [-0.39, 0.29) is 0 Å². The lowest BCUT2D eigenvalue weighted by molar-refractivity contribution is 0.192. The van der Waals surface area contributed by atoms with Gasteiger partial charge in [0.1, 0.15) is 5.75 Å². The Morgan fingerprint density at radius 2 is 1.92 bits per heavy atom. The SMILES string of the molecule is CN=C(NCCCCCOC)N1CCN(c2ccccc2O)CC1. The van der Waals surface area contributed by atoms with Gasteiger partial charge in [-0.3, -0.25) is 4.99 Å². The van der Waals surface area contributed by atoms with Gasteiger partial charge in [0.15, 0.2) is 5.96 Å². The van der Waals surface area contributed by atoms with E-state index in [4.69, 9.17) is 4.74 Å². The van der Waals surface area contributed by atoms with Gasteiger partial charge in [0.25, 0.3) is 0 Å². The molecule has 0 spiro atoms. The summed E-state index contributed by atoms with van der Waals surface area (Å²) in [5.74, 6) is 1.32. The number of hydrogen-bond donors (Lipinski definition) is 2. The number of nitrogens with zero attached hydrogens (tertiary/aromatic N) is 3. The van der Waals surface area contributed by atoms with Gasteiger partial charge in [0, 0.05) is 53.5 Å². The molecule has 0 saturated carbocycles. The molecule has 24 heavy (non-hydrogen) atoms. The Balaban J connectivity index is 1.75. The molecule has 0 radical (unpaired) electrons. The van der Waals surface area contributed by atoms with Crippen molar-refractivity contribution in [2.45, 2.75) is 19.3 Å². The van der Waals surface area contributed by atoms with E-state index in [1.807, 2.05) is 25.2 Å². The van der Waals surface area contributed by atoms with E-state index in [1.54, 1.807) is 13.2 Å². The summed E-state index contributed by atoms with van der Waals surface area (Å²) in [5.41, 5.74) is 0.915. The van der Waals surface area contributed by atoms with E-state index in [9.17, 15) is 5.11 Å². The second-order valence-electron chi connectivity index (χ2n) is 5.99. The van der Waals surface area contributed by atoms with Crippen LogP contribution in [0.15, 0.2) is 29.3 Å². The molecule has 2 rings (SSSR count). The summed E-state index contributed by atoms with van der Waals surface area (Å²) < 4.78 is 5.07. The fourth-order valence-electron chi connectivity index (χ4n) is 2.97. The number of para-hydroxylation sites is 2. The molecule has 0 aliphatic carbocycles. The molecule has 6 nitrogen and oxygen atoms in total. The number of aliphatic imine (C=N–C) groups is 1. The molecule has 2 N–H and O–H groups in total. The molecule has 1 heterocycles. The Hall–Kier alpha value is -1.95. The van der Waals surface area contributed by atoms with Crippen LogP contribution in [0.25, 0.3) is 0 Å². The highest BCUT2D eigenvalue weighted by molar-refractivity contribution is 5.80. The third-order valence-electron chi connectivity index (χ3n) is 4.32. The van der Waals surface area contributed by atoms with Crippen molar-refractivity contribution in [3.63, 3.8) is 0 Å². The molecule has 0 bridgehead atoms. The minimum absolute atomic E-state index is 0.351. The lowest BCUT2D eigenvalue weighted by Crippen LogP contribution is -2.52. The molecule has 1 fully saturated rings. The van der Waals surface area contributed by atoms with Crippen LogP contribution in [0.2, 0.25) is 0 Å². The zero-order chi connectivity index (χ0) is 17.2. The van der Waals surface area contributed by atoms with Gasteiger partial charge in [-0.15, -0.1) is 0 Å². The minimum Gasteiger partial charge on any atom is -0.506 e. The first-order valence-electron chi connectivity index (χ1n) is 8.73. The quantitative estimate of drug-likeness (QED) is 0.453. The van der Waals surface area contributed by atoms with Crippen LogP contribution in [0.3, 0.4) is 0 Å². The van der Waals surface area contributed by atoms with Crippen LogP contribution in [-0.4, -0.2) is 69.5 Å². The summed E-state index contributed by atoms with van der Waals surface area (Å²) in [4.78, 5) is 8.91. The maximum atomic E-state index is 9.99. The van der Waals surface area contributed by atoms with Gasteiger partial charge < -0.3 is 25.0 Å². The number of hydrogen-bond acceptors (Lipinski definition) is 4. The van der Waals surface area contributed by atoms with Gasteiger partial charge in [-0.05, 0) is 31.4 Å². The first-order valence-corrected chi connectivity index (χ1v) is 8.73. The van der Waals surface area contributed by atoms with E-state index in [1.165, 1.54) is 6.42 Å². The second kappa shape index (κ2) is 10.0. The van der Waals surface area contributed by atoms with Crippen molar-refractivity contribution in [1.82, 2.24) is 10.2 Å². The lowest BCUT2D eigenvalue weighted by atomic mass is 10.2. The highest BCUT2D eigenvalue weighted by atomic mass is 16.5. The fraction of sp³-hybridized carbons (Fsp3) is 0.611. The molecule has 1 saturated heterocycles. The Bertz CT molecular complexity index is 513. The number of anilines is 1. The van der Waals surface area contributed by atoms with Crippen molar-refractivity contribution >= 4 is 11.6 Å². The zero-order valence-corrected chi connectivity index (χ0v) is 14.9. The first kappa shape index (κ1) is 18.4. The summed E-state index contributed by atoms with van der Waals surface area (Å²) in [7, 11) is 3.58. The van der Waals surface area contributed by atoms with Gasteiger partial charge in [0.05, 0.1) is 5.69 Å². The molecule has 1 aromatic rings. The van der Waals surface area contributed by atoms with Crippen molar-refractivity contribution < 1.29 is 9.84 Å². The fourth-order valence-corrected chi connectivity index (χ4v) is 2.97. The summed E-state index contributed by atoms with van der Waals surface area (Å²) in [6.07, 6.45) is 3.40. The summed E-state index contributed by atoms with van der Waals surface area (Å²) in [6, 6.07) is 7.53. The van der Waals surface area contributed by atoms with Crippen molar-refractivity contribution in [2.24, 2.45) is 4.99 Å². The van der Waals surface area contributed by atoms with Crippen LogP contribution in [0.4, 0.5) is 5.69 Å². The van der Waals surface area contributed by atoms with E-state index >= 15 is 0 Å². The van der Waals surface area contributed by atoms with Gasteiger partial charge in [0.2, 0.25) is 0 Å². The minimum atomic E-state index is 0.351. The van der Waals surface area contributed by atoms with Gasteiger partial charge in [-0.2, -0.15) is 0 Å². The number of aromatic hydroxyl groups is 1.